The number of pyridine rings is 1. The van der Waals surface area contributed by atoms with Gasteiger partial charge in [0.05, 0.1) is 12.3 Å². The summed E-state index contributed by atoms with van der Waals surface area (Å²) in [5.74, 6) is 0.371. The number of anilines is 2. The van der Waals surface area contributed by atoms with Crippen LogP contribution in [0.1, 0.15) is 18.5 Å². The van der Waals surface area contributed by atoms with Crippen molar-refractivity contribution in [2.24, 2.45) is 0 Å². The highest BCUT2D eigenvalue weighted by Gasteiger charge is 2.31. The molecule has 3 rings (SSSR count). The molecule has 1 aliphatic rings. The number of aromatic nitrogens is 1. The lowest BCUT2D eigenvalue weighted by Gasteiger charge is -2.39. The molecule has 3 N–H and O–H groups in total. The number of ether oxygens (including phenoxy) is 1. The van der Waals surface area contributed by atoms with Crippen LogP contribution < -0.4 is 15.4 Å². The lowest BCUT2D eigenvalue weighted by Crippen LogP contribution is -2.49. The number of benzene rings is 1. The zero-order chi connectivity index (χ0) is 18.5. The minimum absolute atomic E-state index is 0.384. The molecule has 1 saturated heterocycles. The second-order valence-electron chi connectivity index (χ2n) is 6.18. The molecule has 0 bridgehead atoms. The number of hydrogen-bond acceptors (Lipinski definition) is 6. The number of aliphatic carboxylic acids is 1. The van der Waals surface area contributed by atoms with Crippen LogP contribution in [0.25, 0.3) is 0 Å². The van der Waals surface area contributed by atoms with Crippen molar-refractivity contribution in [2.45, 2.75) is 13.0 Å². The first kappa shape index (κ1) is 18.0. The number of carbonyl (C=O) groups is 1. The Morgan fingerprint density at radius 2 is 1.96 bits per heavy atom. The molecule has 138 valence electrons. The first-order chi connectivity index (χ1) is 12.6. The molecule has 1 unspecified atom stereocenters. The fraction of sp³-hybridized carbons (Fsp3) is 0.368. The molecule has 7 heteroatoms. The van der Waals surface area contributed by atoms with Crippen LogP contribution in [0.2, 0.25) is 0 Å². The number of nitrogen functional groups attached to an aromatic ring is 1. The Kier molecular flexibility index (Phi) is 5.58. The van der Waals surface area contributed by atoms with E-state index in [9.17, 15) is 9.90 Å². The summed E-state index contributed by atoms with van der Waals surface area (Å²) in [6.45, 7) is 5.32. The lowest BCUT2D eigenvalue weighted by atomic mass is 10.1. The van der Waals surface area contributed by atoms with Gasteiger partial charge in [0.25, 0.3) is 0 Å². The lowest BCUT2D eigenvalue weighted by molar-refractivity contribution is -0.143. The summed E-state index contributed by atoms with van der Waals surface area (Å²) in [7, 11) is 0. The molecule has 0 amide bonds. The van der Waals surface area contributed by atoms with Gasteiger partial charge in [0.2, 0.25) is 0 Å². The molecule has 26 heavy (non-hydrogen) atoms. The number of piperazine rings is 1. The average molecular weight is 356 g/mol. The zero-order valence-electron chi connectivity index (χ0n) is 14.8. The van der Waals surface area contributed by atoms with Gasteiger partial charge in [0, 0.05) is 32.4 Å². The Labute approximate surface area is 153 Å². The molecule has 0 spiro atoms. The van der Waals surface area contributed by atoms with Gasteiger partial charge >= 0.3 is 5.97 Å². The molecule has 1 atom stereocenters. The summed E-state index contributed by atoms with van der Waals surface area (Å²) in [5.41, 5.74) is 7.31. The summed E-state index contributed by atoms with van der Waals surface area (Å²) < 4.78 is 5.71. The van der Waals surface area contributed by atoms with Gasteiger partial charge in [-0.25, -0.2) is 4.98 Å². The van der Waals surface area contributed by atoms with Crippen LogP contribution in [0.5, 0.6) is 5.75 Å². The number of nitrogens with two attached hydrogens (primary N) is 1. The third-order valence-electron chi connectivity index (χ3n) is 4.54. The first-order valence-corrected chi connectivity index (χ1v) is 8.75. The number of hydrogen-bond donors (Lipinski definition) is 2. The minimum Gasteiger partial charge on any atom is -0.492 e. The number of carboxylic acids is 1. The van der Waals surface area contributed by atoms with Crippen LogP contribution in [-0.2, 0) is 4.79 Å². The number of para-hydroxylation sites is 2. The van der Waals surface area contributed by atoms with Crippen molar-refractivity contribution in [2.75, 3.05) is 43.4 Å². The molecule has 1 aliphatic heterocycles. The van der Waals surface area contributed by atoms with E-state index in [1.165, 1.54) is 0 Å². The predicted molar refractivity (Wildman–Crippen MR) is 100 cm³/mol. The number of carboxylic acid groups (broad SMARTS) is 1. The Morgan fingerprint density at radius 3 is 2.58 bits per heavy atom. The maximum Gasteiger partial charge on any atom is 0.325 e. The minimum atomic E-state index is -0.875. The topological polar surface area (TPSA) is 91.9 Å². The number of nitrogens with zero attached hydrogens (tertiary/aromatic N) is 3. The Balaban J connectivity index is 1.72. The van der Waals surface area contributed by atoms with Crippen molar-refractivity contribution < 1.29 is 14.6 Å². The summed E-state index contributed by atoms with van der Waals surface area (Å²) in [6.07, 6.45) is 1.55. The highest BCUT2D eigenvalue weighted by molar-refractivity contribution is 5.75. The van der Waals surface area contributed by atoms with Crippen LogP contribution >= 0.6 is 0 Å². The van der Waals surface area contributed by atoms with E-state index < -0.39 is 12.0 Å². The molecule has 0 radical (unpaired) electrons. The highest BCUT2D eigenvalue weighted by atomic mass is 16.5. The third kappa shape index (κ3) is 3.88. The van der Waals surface area contributed by atoms with Gasteiger partial charge in [-0.2, -0.15) is 0 Å². The molecule has 7 nitrogen and oxygen atoms in total. The van der Waals surface area contributed by atoms with Gasteiger partial charge in [-0.15, -0.1) is 0 Å². The Morgan fingerprint density at radius 1 is 1.23 bits per heavy atom. The Hall–Kier alpha value is -2.80. The summed E-state index contributed by atoms with van der Waals surface area (Å²) in [6, 6.07) is 10.6. The van der Waals surface area contributed by atoms with Gasteiger partial charge < -0.3 is 20.5 Å². The van der Waals surface area contributed by atoms with Crippen molar-refractivity contribution >= 4 is 17.5 Å². The van der Waals surface area contributed by atoms with Gasteiger partial charge in [0.15, 0.2) is 0 Å². The van der Waals surface area contributed by atoms with E-state index in [2.05, 4.69) is 9.88 Å². The van der Waals surface area contributed by atoms with Gasteiger partial charge in [-0.3, -0.25) is 9.69 Å². The van der Waals surface area contributed by atoms with Gasteiger partial charge in [-0.1, -0.05) is 18.2 Å². The molecular formula is C19H24N4O3. The van der Waals surface area contributed by atoms with Crippen LogP contribution in [0.4, 0.5) is 11.5 Å². The van der Waals surface area contributed by atoms with Gasteiger partial charge in [0.1, 0.15) is 17.6 Å². The van der Waals surface area contributed by atoms with Crippen LogP contribution in [0.15, 0.2) is 42.6 Å². The highest BCUT2D eigenvalue weighted by Crippen LogP contribution is 2.30. The van der Waals surface area contributed by atoms with Gasteiger partial charge in [-0.05, 0) is 30.7 Å². The SMILES string of the molecule is CCOc1ccccc1N1CCN(C(C(=O)O)c2ccc(N)nc2)CC1. The monoisotopic (exact) mass is 356 g/mol. The van der Waals surface area contributed by atoms with E-state index >= 15 is 0 Å². The van der Waals surface area contributed by atoms with Crippen molar-refractivity contribution in [3.8, 4) is 5.75 Å². The average Bonchev–Trinajstić information content (AvgIpc) is 2.65. The predicted octanol–water partition coefficient (Wildman–Crippen LogP) is 2.01. The van der Waals surface area contributed by atoms with Crippen LogP contribution in [0.3, 0.4) is 0 Å². The molecule has 2 heterocycles. The fourth-order valence-corrected chi connectivity index (χ4v) is 3.31. The summed E-state index contributed by atoms with van der Waals surface area (Å²) in [4.78, 5) is 20.1. The second-order valence-corrected chi connectivity index (χ2v) is 6.18. The molecule has 0 aliphatic carbocycles. The molecule has 1 aromatic carbocycles. The van der Waals surface area contributed by atoms with Crippen molar-refractivity contribution in [3.63, 3.8) is 0 Å². The number of rotatable bonds is 6. The Bertz CT molecular complexity index is 743. The van der Waals surface area contributed by atoms with Crippen molar-refractivity contribution in [1.82, 2.24) is 9.88 Å². The first-order valence-electron chi connectivity index (χ1n) is 8.75. The molecular weight excluding hydrogens is 332 g/mol. The maximum absolute atomic E-state index is 11.8. The molecule has 1 aromatic heterocycles. The molecule has 1 fully saturated rings. The zero-order valence-corrected chi connectivity index (χ0v) is 14.8. The van der Waals surface area contributed by atoms with Crippen LogP contribution in [0, 0.1) is 0 Å². The normalized spacial score (nSPS) is 16.3. The third-order valence-corrected chi connectivity index (χ3v) is 4.54. The van der Waals surface area contributed by atoms with Crippen molar-refractivity contribution in [1.29, 1.82) is 0 Å². The van der Waals surface area contributed by atoms with E-state index in [1.807, 2.05) is 36.1 Å². The smallest absolute Gasteiger partial charge is 0.325 e. The van der Waals surface area contributed by atoms with E-state index in [-0.39, 0.29) is 0 Å². The maximum atomic E-state index is 11.8. The van der Waals surface area contributed by atoms with E-state index in [0.717, 1.165) is 24.5 Å². The van der Waals surface area contributed by atoms with E-state index in [4.69, 9.17) is 10.5 Å². The van der Waals surface area contributed by atoms with Crippen LogP contribution in [-0.4, -0.2) is 53.7 Å². The second kappa shape index (κ2) is 8.05. The summed E-state index contributed by atoms with van der Waals surface area (Å²) in [5, 5.41) is 9.71. The fourth-order valence-electron chi connectivity index (χ4n) is 3.31. The molecule has 2 aromatic rings. The van der Waals surface area contributed by atoms with E-state index in [0.29, 0.717) is 31.1 Å². The quantitative estimate of drug-likeness (QED) is 0.818. The molecule has 0 saturated carbocycles. The van der Waals surface area contributed by atoms with E-state index in [1.54, 1.807) is 18.3 Å². The van der Waals surface area contributed by atoms with Crippen molar-refractivity contribution in [3.05, 3.63) is 48.2 Å². The largest absolute Gasteiger partial charge is 0.492 e. The summed E-state index contributed by atoms with van der Waals surface area (Å²) >= 11 is 0. The standard InChI is InChI=1S/C19H24N4O3/c1-2-26-16-6-4-3-5-15(16)22-9-11-23(12-10-22)18(19(24)25)14-7-8-17(20)21-13-14/h3-8,13,18H,2,9-12H2,1H3,(H2,20,21)(H,24,25).